The van der Waals surface area contributed by atoms with E-state index < -0.39 is 17.7 Å². The zero-order valence-corrected chi connectivity index (χ0v) is 17.4. The van der Waals surface area contributed by atoms with E-state index in [4.69, 9.17) is 22.8 Å². The third-order valence-electron chi connectivity index (χ3n) is 4.53. The van der Waals surface area contributed by atoms with Crippen LogP contribution in [0.2, 0.25) is 0 Å². The van der Waals surface area contributed by atoms with Gasteiger partial charge in [-0.2, -0.15) is 18.2 Å². The predicted molar refractivity (Wildman–Crippen MR) is 112 cm³/mol. The maximum Gasteiger partial charge on any atom is 0.433 e. The van der Waals surface area contributed by atoms with Crippen LogP contribution in [-0.4, -0.2) is 23.1 Å². The number of carbonyl (C=O) groups excluding carboxylic acids is 1. The first kappa shape index (κ1) is 22.4. The quantitative estimate of drug-likeness (QED) is 0.364. The summed E-state index contributed by atoms with van der Waals surface area (Å²) in [5.74, 6) is 2.28. The number of aromatic nitrogens is 1. The molecule has 2 heterocycles. The average Bonchev–Trinajstić information content (AvgIpc) is 2.73. The van der Waals surface area contributed by atoms with Crippen molar-refractivity contribution in [2.75, 3.05) is 11.4 Å². The standard InChI is InChI=1S/C22H17ClF3N3O2/c1-4-19(30)15-9-8-13(2)18(10-15)29-11-17(23)21(27-14(29)3)31-12-16-6-5-7-20(28-16)22(24,25)26/h1,5-10H,11-12H2,2-3H3. The maximum atomic E-state index is 12.8. The van der Waals surface area contributed by atoms with E-state index in [1.165, 1.54) is 12.1 Å². The van der Waals surface area contributed by atoms with Crippen LogP contribution >= 0.6 is 11.6 Å². The molecular formula is C22H17ClF3N3O2. The Morgan fingerprint density at radius 3 is 2.71 bits per heavy atom. The molecule has 0 fully saturated rings. The molecule has 0 unspecified atom stereocenters. The van der Waals surface area contributed by atoms with Crippen molar-refractivity contribution >= 4 is 28.9 Å². The summed E-state index contributed by atoms with van der Waals surface area (Å²) in [5.41, 5.74) is 1.05. The van der Waals surface area contributed by atoms with Crippen LogP contribution < -0.4 is 4.90 Å². The molecule has 31 heavy (non-hydrogen) atoms. The summed E-state index contributed by atoms with van der Waals surface area (Å²) >= 11 is 6.35. The van der Waals surface area contributed by atoms with E-state index in [1.54, 1.807) is 30.0 Å². The van der Waals surface area contributed by atoms with Gasteiger partial charge in [-0.05, 0) is 49.6 Å². The lowest BCUT2D eigenvalue weighted by Gasteiger charge is -2.29. The number of nitrogens with zero attached hydrogens (tertiary/aromatic N) is 3. The number of benzene rings is 1. The van der Waals surface area contributed by atoms with Gasteiger partial charge in [-0.1, -0.05) is 23.7 Å². The highest BCUT2D eigenvalue weighted by Crippen LogP contribution is 2.30. The van der Waals surface area contributed by atoms with Crippen molar-refractivity contribution in [1.82, 2.24) is 4.98 Å². The van der Waals surface area contributed by atoms with Crippen LogP contribution in [0.3, 0.4) is 0 Å². The molecule has 0 atom stereocenters. The molecule has 9 heteroatoms. The fraction of sp³-hybridized carbons (Fsp3) is 0.227. The van der Waals surface area contributed by atoms with Crippen molar-refractivity contribution in [3.8, 4) is 12.3 Å². The number of ketones is 1. The number of pyridine rings is 1. The van der Waals surface area contributed by atoms with E-state index in [9.17, 15) is 18.0 Å². The lowest BCUT2D eigenvalue weighted by Crippen LogP contribution is -2.34. The van der Waals surface area contributed by atoms with Crippen LogP contribution in [-0.2, 0) is 17.5 Å². The number of terminal acetylenes is 1. The van der Waals surface area contributed by atoms with Crippen LogP contribution in [0.15, 0.2) is 52.3 Å². The summed E-state index contributed by atoms with van der Waals surface area (Å²) < 4.78 is 44.0. The van der Waals surface area contributed by atoms with E-state index >= 15 is 0 Å². The molecule has 0 saturated heterocycles. The van der Waals surface area contributed by atoms with Crippen molar-refractivity contribution in [2.45, 2.75) is 26.6 Å². The van der Waals surface area contributed by atoms with Gasteiger partial charge in [0.05, 0.1) is 17.3 Å². The number of anilines is 1. The van der Waals surface area contributed by atoms with E-state index in [0.717, 1.165) is 11.6 Å². The second-order valence-corrected chi connectivity index (χ2v) is 7.19. The van der Waals surface area contributed by atoms with Crippen molar-refractivity contribution in [3.05, 3.63) is 69.8 Å². The van der Waals surface area contributed by atoms with E-state index in [-0.39, 0.29) is 29.8 Å². The Bertz CT molecular complexity index is 1130. The number of amidine groups is 1. The van der Waals surface area contributed by atoms with Crippen molar-refractivity contribution in [3.63, 3.8) is 0 Å². The van der Waals surface area contributed by atoms with Gasteiger partial charge in [-0.15, -0.1) is 6.42 Å². The molecule has 1 aromatic heterocycles. The van der Waals surface area contributed by atoms with E-state index in [2.05, 4.69) is 15.9 Å². The van der Waals surface area contributed by atoms with Crippen molar-refractivity contribution < 1.29 is 22.7 Å². The molecule has 0 amide bonds. The highest BCUT2D eigenvalue weighted by Gasteiger charge is 2.32. The maximum absolute atomic E-state index is 12.8. The zero-order chi connectivity index (χ0) is 22.8. The number of hydrogen-bond acceptors (Lipinski definition) is 5. The van der Waals surface area contributed by atoms with Crippen LogP contribution in [0.25, 0.3) is 0 Å². The highest BCUT2D eigenvalue weighted by molar-refractivity contribution is 6.31. The second kappa shape index (κ2) is 8.82. The Morgan fingerprint density at radius 2 is 2.03 bits per heavy atom. The second-order valence-electron chi connectivity index (χ2n) is 6.73. The van der Waals surface area contributed by atoms with Gasteiger partial charge in [0, 0.05) is 11.3 Å². The molecule has 5 nitrogen and oxygen atoms in total. The summed E-state index contributed by atoms with van der Waals surface area (Å²) in [6.07, 6.45) is 0.662. The summed E-state index contributed by atoms with van der Waals surface area (Å²) in [5, 5.41) is 0.255. The predicted octanol–water partition coefficient (Wildman–Crippen LogP) is 5.09. The Balaban J connectivity index is 1.79. The topological polar surface area (TPSA) is 54.8 Å². The van der Waals surface area contributed by atoms with Gasteiger partial charge in [-0.25, -0.2) is 4.98 Å². The number of halogens is 4. The minimum atomic E-state index is -4.54. The Kier molecular flexibility index (Phi) is 6.37. The third-order valence-corrected chi connectivity index (χ3v) is 4.81. The largest absolute Gasteiger partial charge is 0.470 e. The Hall–Kier alpha value is -3.31. The number of rotatable bonds is 5. The number of hydrogen-bond donors (Lipinski definition) is 0. The van der Waals surface area contributed by atoms with Gasteiger partial charge in [-0.3, -0.25) is 4.79 Å². The first-order valence-corrected chi connectivity index (χ1v) is 9.47. The van der Waals surface area contributed by atoms with Gasteiger partial charge in [0.25, 0.3) is 0 Å². The molecule has 0 saturated carbocycles. The number of alkyl halides is 3. The number of aliphatic imine (C=N–C) groups is 1. The molecule has 1 aromatic carbocycles. The molecule has 0 spiro atoms. The van der Waals surface area contributed by atoms with Gasteiger partial charge in [0.2, 0.25) is 11.7 Å². The van der Waals surface area contributed by atoms with Crippen LogP contribution in [0, 0.1) is 19.3 Å². The van der Waals surface area contributed by atoms with Crippen LogP contribution in [0.4, 0.5) is 18.9 Å². The van der Waals surface area contributed by atoms with Gasteiger partial charge in [0.15, 0.2) is 0 Å². The number of aryl methyl sites for hydroxylation is 1. The lowest BCUT2D eigenvalue weighted by atomic mass is 10.1. The summed E-state index contributed by atoms with van der Waals surface area (Å²) in [4.78, 5) is 21.5. The molecule has 0 bridgehead atoms. The third kappa shape index (κ3) is 5.06. The SMILES string of the molecule is C#CC(=O)c1ccc(C)c(N2CC(Cl)=C(OCc3cccc(C(F)(F)F)n3)N=C2C)c1. The molecule has 0 radical (unpaired) electrons. The smallest absolute Gasteiger partial charge is 0.433 e. The first-order chi connectivity index (χ1) is 14.6. The minimum Gasteiger partial charge on any atom is -0.470 e. The monoisotopic (exact) mass is 447 g/mol. The molecule has 1 aliphatic heterocycles. The molecule has 3 rings (SSSR count). The first-order valence-electron chi connectivity index (χ1n) is 9.09. The van der Waals surface area contributed by atoms with Crippen molar-refractivity contribution in [2.24, 2.45) is 4.99 Å². The van der Waals surface area contributed by atoms with Gasteiger partial charge >= 0.3 is 6.18 Å². The van der Waals surface area contributed by atoms with Gasteiger partial charge in [0.1, 0.15) is 18.1 Å². The Labute approximate surface area is 182 Å². The van der Waals surface area contributed by atoms with Crippen LogP contribution in [0.5, 0.6) is 0 Å². The van der Waals surface area contributed by atoms with Gasteiger partial charge < -0.3 is 9.64 Å². The number of Topliss-reactive ketones (excluding diaryl/α,β-unsaturated/α-hetero) is 1. The van der Waals surface area contributed by atoms with Crippen molar-refractivity contribution in [1.29, 1.82) is 0 Å². The average molecular weight is 448 g/mol. The number of carbonyl (C=O) groups is 1. The fourth-order valence-corrected chi connectivity index (χ4v) is 3.16. The minimum absolute atomic E-state index is 0.0958. The molecule has 2 aromatic rings. The Morgan fingerprint density at radius 1 is 1.29 bits per heavy atom. The normalized spacial score (nSPS) is 14.2. The number of ether oxygens (including phenoxy) is 1. The summed E-state index contributed by atoms with van der Waals surface area (Å²) in [6, 6.07) is 8.65. The molecule has 0 N–H and O–H groups in total. The van der Waals surface area contributed by atoms with Crippen LogP contribution in [0.1, 0.15) is 34.2 Å². The zero-order valence-electron chi connectivity index (χ0n) is 16.6. The summed E-state index contributed by atoms with van der Waals surface area (Å²) in [6.45, 7) is 3.58. The molecule has 160 valence electrons. The summed E-state index contributed by atoms with van der Waals surface area (Å²) in [7, 11) is 0. The molecule has 1 aliphatic rings. The lowest BCUT2D eigenvalue weighted by molar-refractivity contribution is -0.141. The fourth-order valence-electron chi connectivity index (χ4n) is 2.94. The highest BCUT2D eigenvalue weighted by atomic mass is 35.5. The molecular weight excluding hydrogens is 431 g/mol. The van der Waals surface area contributed by atoms with E-state index in [0.29, 0.717) is 17.1 Å². The molecule has 0 aliphatic carbocycles. The van der Waals surface area contributed by atoms with E-state index in [1.807, 2.05) is 6.92 Å².